The van der Waals surface area contributed by atoms with Crippen molar-refractivity contribution in [3.8, 4) is 5.75 Å². The third-order valence-corrected chi connectivity index (χ3v) is 6.67. The molecule has 1 atom stereocenters. The van der Waals surface area contributed by atoms with Gasteiger partial charge >= 0.3 is 0 Å². The zero-order valence-electron chi connectivity index (χ0n) is 20.2. The molecular weight excluding hydrogens is 438 g/mol. The molecule has 3 heterocycles. The Balaban J connectivity index is 1.30. The predicted octanol–water partition coefficient (Wildman–Crippen LogP) is 5.87. The Bertz CT molecular complexity index is 1280. The van der Waals surface area contributed by atoms with Crippen molar-refractivity contribution in [3.05, 3.63) is 84.3 Å². The minimum absolute atomic E-state index is 0.187. The molecule has 35 heavy (non-hydrogen) atoms. The number of piperidine rings is 1. The van der Waals surface area contributed by atoms with E-state index in [0.29, 0.717) is 17.3 Å². The molecule has 1 saturated heterocycles. The van der Waals surface area contributed by atoms with Crippen LogP contribution >= 0.6 is 0 Å². The number of nitrogens with zero attached hydrogens (tertiary/aromatic N) is 2. The molecule has 2 aliphatic heterocycles. The molecule has 0 radical (unpaired) electrons. The number of pyridine rings is 1. The first-order chi connectivity index (χ1) is 17.1. The fraction of sp³-hybridized carbons (Fsp3) is 0.310. The normalized spacial score (nSPS) is 18.7. The number of hydrogen-bond acceptors (Lipinski definition) is 5. The van der Waals surface area contributed by atoms with Crippen molar-refractivity contribution in [1.82, 2.24) is 9.88 Å². The minimum atomic E-state index is -0.212. The standard InChI is InChI=1S/C29H31N3O3/c1-3-20-11-14-34-27(15-20)21-7-8-23-19-30-28(18-24(23)16-21)31-29(33)22-5-4-6-26(17-22)35-25-9-12-32(2)13-10-25/h4-8,11,14-20,25H,3,9-10,12-13H2,1-2H3,(H,30,31,33)/t20-/m1/s1. The molecule has 2 aromatic carbocycles. The first kappa shape index (κ1) is 23.1. The minimum Gasteiger partial charge on any atom is -0.490 e. The fourth-order valence-corrected chi connectivity index (χ4v) is 4.48. The number of likely N-dealkylation sites (tertiary alicyclic amines) is 1. The van der Waals surface area contributed by atoms with Crippen molar-refractivity contribution in [1.29, 1.82) is 0 Å². The van der Waals surface area contributed by atoms with Crippen LogP contribution in [0.5, 0.6) is 5.75 Å². The van der Waals surface area contributed by atoms with Crippen molar-refractivity contribution in [2.45, 2.75) is 32.3 Å². The zero-order chi connectivity index (χ0) is 24.2. The van der Waals surface area contributed by atoms with E-state index in [9.17, 15) is 4.79 Å². The Morgan fingerprint density at radius 2 is 2.00 bits per heavy atom. The number of carbonyl (C=O) groups is 1. The van der Waals surface area contributed by atoms with E-state index in [4.69, 9.17) is 9.47 Å². The van der Waals surface area contributed by atoms with Gasteiger partial charge in [-0.1, -0.05) is 25.1 Å². The van der Waals surface area contributed by atoms with Gasteiger partial charge in [-0.15, -0.1) is 0 Å². The Morgan fingerprint density at radius 3 is 2.83 bits per heavy atom. The summed E-state index contributed by atoms with van der Waals surface area (Å²) in [5, 5.41) is 4.92. The van der Waals surface area contributed by atoms with Gasteiger partial charge in [0.25, 0.3) is 5.91 Å². The maximum absolute atomic E-state index is 13.0. The lowest BCUT2D eigenvalue weighted by Crippen LogP contribution is -2.35. The summed E-state index contributed by atoms with van der Waals surface area (Å²) >= 11 is 0. The highest BCUT2D eigenvalue weighted by Crippen LogP contribution is 2.28. The largest absolute Gasteiger partial charge is 0.490 e. The fourth-order valence-electron chi connectivity index (χ4n) is 4.48. The highest BCUT2D eigenvalue weighted by atomic mass is 16.5. The topological polar surface area (TPSA) is 63.7 Å². The zero-order valence-corrected chi connectivity index (χ0v) is 20.2. The number of allylic oxidation sites excluding steroid dienone is 2. The summed E-state index contributed by atoms with van der Waals surface area (Å²) in [4.78, 5) is 19.7. The van der Waals surface area contributed by atoms with Crippen LogP contribution in [0, 0.1) is 5.92 Å². The van der Waals surface area contributed by atoms with Gasteiger partial charge in [0, 0.05) is 41.7 Å². The number of aromatic nitrogens is 1. The molecule has 1 amide bonds. The molecule has 0 saturated carbocycles. The van der Waals surface area contributed by atoms with Crippen LogP contribution in [-0.2, 0) is 4.74 Å². The second-order valence-electron chi connectivity index (χ2n) is 9.28. The summed E-state index contributed by atoms with van der Waals surface area (Å²) in [5.41, 5.74) is 1.55. The van der Waals surface area contributed by atoms with Crippen LogP contribution in [0.3, 0.4) is 0 Å². The van der Waals surface area contributed by atoms with Crippen LogP contribution in [0.2, 0.25) is 0 Å². The molecule has 0 unspecified atom stereocenters. The second-order valence-corrected chi connectivity index (χ2v) is 9.28. The number of carbonyl (C=O) groups excluding carboxylic acids is 1. The maximum atomic E-state index is 13.0. The van der Waals surface area contributed by atoms with Gasteiger partial charge in [0.15, 0.2) is 0 Å². The Hall–Kier alpha value is -3.64. The third kappa shape index (κ3) is 5.54. The third-order valence-electron chi connectivity index (χ3n) is 6.67. The van der Waals surface area contributed by atoms with Gasteiger partial charge in [-0.05, 0) is 74.2 Å². The molecule has 1 aromatic heterocycles. The Labute approximate surface area is 206 Å². The van der Waals surface area contributed by atoms with E-state index in [2.05, 4.69) is 47.4 Å². The molecule has 3 aromatic rings. The number of rotatable bonds is 6. The molecule has 6 heteroatoms. The molecule has 0 bridgehead atoms. The van der Waals surface area contributed by atoms with E-state index in [1.54, 1.807) is 24.6 Å². The molecule has 5 rings (SSSR count). The van der Waals surface area contributed by atoms with Gasteiger partial charge in [0.1, 0.15) is 23.4 Å². The number of ether oxygens (including phenoxy) is 2. The average Bonchev–Trinajstić information content (AvgIpc) is 2.90. The van der Waals surface area contributed by atoms with E-state index in [1.165, 1.54) is 0 Å². The Kier molecular flexibility index (Phi) is 6.82. The van der Waals surface area contributed by atoms with E-state index < -0.39 is 0 Å². The monoisotopic (exact) mass is 469 g/mol. The van der Waals surface area contributed by atoms with E-state index >= 15 is 0 Å². The van der Waals surface area contributed by atoms with Crippen LogP contribution < -0.4 is 10.1 Å². The van der Waals surface area contributed by atoms with Crippen molar-refractivity contribution in [2.24, 2.45) is 5.92 Å². The number of hydrogen-bond donors (Lipinski definition) is 1. The van der Waals surface area contributed by atoms with Crippen LogP contribution in [0.25, 0.3) is 16.5 Å². The summed E-state index contributed by atoms with van der Waals surface area (Å²) in [6.07, 6.45) is 11.0. The van der Waals surface area contributed by atoms with Crippen LogP contribution in [0.15, 0.2) is 73.1 Å². The van der Waals surface area contributed by atoms with Crippen molar-refractivity contribution in [2.75, 3.05) is 25.5 Å². The molecule has 0 spiro atoms. The van der Waals surface area contributed by atoms with Crippen LogP contribution in [0.1, 0.15) is 42.1 Å². The molecule has 2 aliphatic rings. The lowest BCUT2D eigenvalue weighted by atomic mass is 10.0. The van der Waals surface area contributed by atoms with Crippen molar-refractivity contribution in [3.63, 3.8) is 0 Å². The average molecular weight is 470 g/mol. The van der Waals surface area contributed by atoms with E-state index in [0.717, 1.165) is 60.2 Å². The number of nitrogens with one attached hydrogen (secondary N) is 1. The van der Waals surface area contributed by atoms with Crippen LogP contribution in [-0.4, -0.2) is 42.0 Å². The number of benzene rings is 2. The lowest BCUT2D eigenvalue weighted by Gasteiger charge is -2.29. The van der Waals surface area contributed by atoms with E-state index in [-0.39, 0.29) is 12.0 Å². The first-order valence-corrected chi connectivity index (χ1v) is 12.3. The van der Waals surface area contributed by atoms with Gasteiger partial charge in [-0.2, -0.15) is 0 Å². The van der Waals surface area contributed by atoms with Gasteiger partial charge in [-0.25, -0.2) is 4.98 Å². The molecular formula is C29H31N3O3. The van der Waals surface area contributed by atoms with Gasteiger partial charge in [0.05, 0.1) is 6.26 Å². The highest BCUT2D eigenvalue weighted by molar-refractivity contribution is 6.04. The summed E-state index contributed by atoms with van der Waals surface area (Å²) in [6.45, 7) is 4.21. The molecule has 6 nitrogen and oxygen atoms in total. The molecule has 180 valence electrons. The SMILES string of the molecule is CC[C@@H]1C=COC(c2ccc3cnc(NC(=O)c4cccc(OC5CCN(C)CC5)c4)cc3c2)=C1. The number of amides is 1. The van der Waals surface area contributed by atoms with Gasteiger partial charge < -0.3 is 19.7 Å². The maximum Gasteiger partial charge on any atom is 0.256 e. The van der Waals surface area contributed by atoms with Crippen LogP contribution in [0.4, 0.5) is 5.82 Å². The van der Waals surface area contributed by atoms with Gasteiger partial charge in [-0.3, -0.25) is 4.79 Å². The number of anilines is 1. The van der Waals surface area contributed by atoms with E-state index in [1.807, 2.05) is 30.3 Å². The quantitative estimate of drug-likeness (QED) is 0.489. The van der Waals surface area contributed by atoms with Crippen molar-refractivity contribution < 1.29 is 14.3 Å². The molecule has 1 fully saturated rings. The smallest absolute Gasteiger partial charge is 0.256 e. The predicted molar refractivity (Wildman–Crippen MR) is 139 cm³/mol. The molecule has 0 aliphatic carbocycles. The summed E-state index contributed by atoms with van der Waals surface area (Å²) < 4.78 is 11.9. The summed E-state index contributed by atoms with van der Waals surface area (Å²) in [7, 11) is 2.13. The number of fused-ring (bicyclic) bond motifs is 1. The van der Waals surface area contributed by atoms with Crippen molar-refractivity contribution >= 4 is 28.3 Å². The summed E-state index contributed by atoms with van der Waals surface area (Å²) in [5.74, 6) is 2.25. The summed E-state index contributed by atoms with van der Waals surface area (Å²) in [6, 6.07) is 15.4. The lowest BCUT2D eigenvalue weighted by molar-refractivity contribution is 0.102. The second kappa shape index (κ2) is 10.3. The first-order valence-electron chi connectivity index (χ1n) is 12.3. The van der Waals surface area contributed by atoms with Gasteiger partial charge in [0.2, 0.25) is 0 Å². The highest BCUT2D eigenvalue weighted by Gasteiger charge is 2.19. The Morgan fingerprint density at radius 1 is 1.14 bits per heavy atom. The molecule has 1 N–H and O–H groups in total.